The first-order valence-electron chi connectivity index (χ1n) is 6.28. The highest BCUT2D eigenvalue weighted by atomic mass is 35.5. The number of aryl methyl sites for hydroxylation is 1. The number of hydrogen-bond donors (Lipinski definition) is 1. The Morgan fingerprint density at radius 2 is 2.11 bits per heavy atom. The topological polar surface area (TPSA) is 29.1 Å². The lowest BCUT2D eigenvalue weighted by atomic mass is 10.0. The number of alkyl halides is 1. The minimum Gasteiger partial charge on any atom is -0.352 e. The van der Waals surface area contributed by atoms with E-state index in [0.717, 1.165) is 31.2 Å². The molecule has 1 aromatic carbocycles. The SMILES string of the molecule is Cc1ccc(F)cc1C(Cl)C(=O)NC1CCCC1. The van der Waals surface area contributed by atoms with Crippen molar-refractivity contribution in [1.29, 1.82) is 0 Å². The minimum absolute atomic E-state index is 0.225. The van der Waals surface area contributed by atoms with Crippen molar-refractivity contribution in [3.63, 3.8) is 0 Å². The molecular weight excluding hydrogens is 253 g/mol. The predicted molar refractivity (Wildman–Crippen MR) is 70.1 cm³/mol. The van der Waals surface area contributed by atoms with E-state index in [0.29, 0.717) is 5.56 Å². The van der Waals surface area contributed by atoms with Crippen LogP contribution in [0.25, 0.3) is 0 Å². The fourth-order valence-corrected chi connectivity index (χ4v) is 2.67. The number of rotatable bonds is 3. The van der Waals surface area contributed by atoms with Gasteiger partial charge >= 0.3 is 0 Å². The van der Waals surface area contributed by atoms with Gasteiger partial charge in [-0.25, -0.2) is 4.39 Å². The zero-order valence-electron chi connectivity index (χ0n) is 10.4. The van der Waals surface area contributed by atoms with Crippen LogP contribution in [0.3, 0.4) is 0 Å². The van der Waals surface area contributed by atoms with Crippen molar-refractivity contribution < 1.29 is 9.18 Å². The molecule has 1 amide bonds. The highest BCUT2D eigenvalue weighted by Crippen LogP contribution is 2.26. The average molecular weight is 270 g/mol. The molecule has 0 aliphatic heterocycles. The predicted octanol–water partition coefficient (Wildman–Crippen LogP) is 3.47. The molecule has 1 saturated carbocycles. The summed E-state index contributed by atoms with van der Waals surface area (Å²) in [6, 6.07) is 4.58. The lowest BCUT2D eigenvalue weighted by molar-refractivity contribution is -0.121. The first kappa shape index (κ1) is 13.3. The molecule has 2 rings (SSSR count). The van der Waals surface area contributed by atoms with E-state index < -0.39 is 5.38 Å². The Morgan fingerprint density at radius 1 is 1.44 bits per heavy atom. The molecule has 0 bridgehead atoms. The lowest BCUT2D eigenvalue weighted by Crippen LogP contribution is -2.35. The van der Waals surface area contributed by atoms with E-state index in [1.807, 2.05) is 6.92 Å². The molecule has 1 unspecified atom stereocenters. The zero-order chi connectivity index (χ0) is 13.1. The standard InChI is InChI=1S/C14H17ClFNO/c1-9-6-7-10(16)8-12(9)13(15)14(18)17-11-4-2-3-5-11/h6-8,11,13H,2-5H2,1H3,(H,17,18). The van der Waals surface area contributed by atoms with Crippen LogP contribution < -0.4 is 5.32 Å². The smallest absolute Gasteiger partial charge is 0.242 e. The van der Waals surface area contributed by atoms with Crippen LogP contribution >= 0.6 is 11.6 Å². The monoisotopic (exact) mass is 269 g/mol. The summed E-state index contributed by atoms with van der Waals surface area (Å²) in [4.78, 5) is 12.0. The second-order valence-electron chi connectivity index (χ2n) is 4.85. The Balaban J connectivity index is 2.07. The van der Waals surface area contributed by atoms with Gasteiger partial charge in [0.05, 0.1) is 0 Å². The van der Waals surface area contributed by atoms with E-state index in [1.165, 1.54) is 12.1 Å². The van der Waals surface area contributed by atoms with Gasteiger partial charge in [-0.2, -0.15) is 0 Å². The number of benzene rings is 1. The average Bonchev–Trinajstić information content (AvgIpc) is 2.84. The molecule has 1 aliphatic rings. The molecule has 98 valence electrons. The van der Waals surface area contributed by atoms with Crippen molar-refractivity contribution in [1.82, 2.24) is 5.32 Å². The van der Waals surface area contributed by atoms with Crippen LogP contribution in [0.15, 0.2) is 18.2 Å². The Hall–Kier alpha value is -1.09. The van der Waals surface area contributed by atoms with Crippen LogP contribution in [-0.4, -0.2) is 11.9 Å². The summed E-state index contributed by atoms with van der Waals surface area (Å²) in [5.74, 6) is -0.591. The summed E-state index contributed by atoms with van der Waals surface area (Å²) in [5.41, 5.74) is 1.38. The summed E-state index contributed by atoms with van der Waals surface area (Å²) >= 11 is 6.13. The molecule has 0 radical (unpaired) electrons. The highest BCUT2D eigenvalue weighted by molar-refractivity contribution is 6.30. The lowest BCUT2D eigenvalue weighted by Gasteiger charge is -2.17. The Kier molecular flexibility index (Phi) is 4.23. The van der Waals surface area contributed by atoms with Gasteiger partial charge in [0.2, 0.25) is 5.91 Å². The van der Waals surface area contributed by atoms with Crippen molar-refractivity contribution >= 4 is 17.5 Å². The second-order valence-corrected chi connectivity index (χ2v) is 5.29. The van der Waals surface area contributed by atoms with E-state index in [1.54, 1.807) is 6.07 Å². The molecule has 1 N–H and O–H groups in total. The van der Waals surface area contributed by atoms with Gasteiger partial charge in [-0.3, -0.25) is 4.79 Å². The summed E-state index contributed by atoms with van der Waals surface area (Å²) in [6.45, 7) is 1.83. The van der Waals surface area contributed by atoms with E-state index >= 15 is 0 Å². The van der Waals surface area contributed by atoms with E-state index in [2.05, 4.69) is 5.32 Å². The number of halogens is 2. The van der Waals surface area contributed by atoms with Crippen LogP contribution in [0.1, 0.15) is 42.2 Å². The summed E-state index contributed by atoms with van der Waals surface area (Å²) < 4.78 is 13.2. The molecule has 1 atom stereocenters. The fraction of sp³-hybridized carbons (Fsp3) is 0.500. The van der Waals surface area contributed by atoms with Gasteiger partial charge in [0.1, 0.15) is 11.2 Å². The maximum atomic E-state index is 13.2. The Morgan fingerprint density at radius 3 is 2.78 bits per heavy atom. The molecular formula is C14H17ClFNO. The first-order chi connectivity index (χ1) is 8.58. The van der Waals surface area contributed by atoms with Gasteiger partial charge in [0.15, 0.2) is 0 Å². The maximum Gasteiger partial charge on any atom is 0.242 e. The fourth-order valence-electron chi connectivity index (χ4n) is 2.37. The van der Waals surface area contributed by atoms with Crippen molar-refractivity contribution in [2.24, 2.45) is 0 Å². The van der Waals surface area contributed by atoms with Gasteiger partial charge in [-0.05, 0) is 43.0 Å². The molecule has 0 aromatic heterocycles. The second kappa shape index (κ2) is 5.70. The van der Waals surface area contributed by atoms with Crippen LogP contribution in [0.5, 0.6) is 0 Å². The van der Waals surface area contributed by atoms with Crippen molar-refractivity contribution in [3.05, 3.63) is 35.1 Å². The number of hydrogen-bond acceptors (Lipinski definition) is 1. The third kappa shape index (κ3) is 3.02. The van der Waals surface area contributed by atoms with Crippen LogP contribution in [-0.2, 0) is 4.79 Å². The first-order valence-corrected chi connectivity index (χ1v) is 6.72. The Labute approximate surface area is 112 Å². The quantitative estimate of drug-likeness (QED) is 0.837. The zero-order valence-corrected chi connectivity index (χ0v) is 11.1. The van der Waals surface area contributed by atoms with Crippen LogP contribution in [0.2, 0.25) is 0 Å². The molecule has 18 heavy (non-hydrogen) atoms. The van der Waals surface area contributed by atoms with Crippen LogP contribution in [0, 0.1) is 12.7 Å². The number of amides is 1. The largest absolute Gasteiger partial charge is 0.352 e. The van der Waals surface area contributed by atoms with Gasteiger partial charge in [0, 0.05) is 6.04 Å². The molecule has 2 nitrogen and oxygen atoms in total. The number of carbonyl (C=O) groups excluding carboxylic acids is 1. The summed E-state index contributed by atoms with van der Waals surface area (Å²) in [5, 5.41) is 2.11. The molecule has 1 fully saturated rings. The maximum absolute atomic E-state index is 13.2. The third-order valence-electron chi connectivity index (χ3n) is 3.45. The van der Waals surface area contributed by atoms with Gasteiger partial charge < -0.3 is 5.32 Å². The molecule has 0 spiro atoms. The van der Waals surface area contributed by atoms with E-state index in [9.17, 15) is 9.18 Å². The number of nitrogens with one attached hydrogen (secondary N) is 1. The Bertz CT molecular complexity index is 443. The van der Waals surface area contributed by atoms with Gasteiger partial charge in [0.25, 0.3) is 0 Å². The minimum atomic E-state index is -0.818. The third-order valence-corrected chi connectivity index (χ3v) is 3.88. The molecule has 1 aromatic rings. The van der Waals surface area contributed by atoms with E-state index in [4.69, 9.17) is 11.6 Å². The van der Waals surface area contributed by atoms with Crippen molar-refractivity contribution in [2.45, 2.75) is 44.0 Å². The normalized spacial score (nSPS) is 17.7. The van der Waals surface area contributed by atoms with E-state index in [-0.39, 0.29) is 17.8 Å². The summed E-state index contributed by atoms with van der Waals surface area (Å²) in [7, 11) is 0. The number of carbonyl (C=O) groups is 1. The van der Waals surface area contributed by atoms with Crippen molar-refractivity contribution in [3.8, 4) is 0 Å². The summed E-state index contributed by atoms with van der Waals surface area (Å²) in [6.07, 6.45) is 4.32. The highest BCUT2D eigenvalue weighted by Gasteiger charge is 2.24. The molecule has 4 heteroatoms. The van der Waals surface area contributed by atoms with Gasteiger partial charge in [-0.1, -0.05) is 18.9 Å². The molecule has 0 saturated heterocycles. The van der Waals surface area contributed by atoms with Crippen molar-refractivity contribution in [2.75, 3.05) is 0 Å². The van der Waals surface area contributed by atoms with Crippen LogP contribution in [0.4, 0.5) is 4.39 Å². The molecule has 0 heterocycles. The molecule has 1 aliphatic carbocycles. The van der Waals surface area contributed by atoms with Gasteiger partial charge in [-0.15, -0.1) is 11.6 Å².